The molecule has 1 aromatic carbocycles. The number of hydrogen-bond donors (Lipinski definition) is 0. The van der Waals surface area contributed by atoms with Gasteiger partial charge in [-0.1, -0.05) is 64.6 Å². The van der Waals surface area contributed by atoms with Gasteiger partial charge < -0.3 is 4.18 Å². The smallest absolute Gasteiger partial charge is 0.377 e. The van der Waals surface area contributed by atoms with E-state index in [1.165, 1.54) is 11.6 Å². The summed E-state index contributed by atoms with van der Waals surface area (Å²) in [5, 5.41) is 0. The zero-order chi connectivity index (χ0) is 22.8. The average Bonchev–Trinajstić information content (AvgIpc) is 2.93. The molecule has 1 aromatic rings. The van der Waals surface area contributed by atoms with Crippen molar-refractivity contribution in [2.45, 2.75) is 63.8 Å². The topological polar surface area (TPSA) is 43.4 Å². The third kappa shape index (κ3) is 3.41. The van der Waals surface area contributed by atoms with Gasteiger partial charge in [0, 0.05) is 5.41 Å². The quantitative estimate of drug-likeness (QED) is 0.315. The van der Waals surface area contributed by atoms with E-state index in [9.17, 15) is 21.6 Å². The van der Waals surface area contributed by atoms with E-state index in [0.717, 1.165) is 29.6 Å². The lowest BCUT2D eigenvalue weighted by molar-refractivity contribution is -0.0519. The van der Waals surface area contributed by atoms with Crippen molar-refractivity contribution in [2.24, 2.45) is 5.41 Å². The van der Waals surface area contributed by atoms with Crippen LogP contribution in [-0.2, 0) is 25.1 Å². The summed E-state index contributed by atoms with van der Waals surface area (Å²) in [5.74, 6) is -0.541. The van der Waals surface area contributed by atoms with Crippen LogP contribution in [0.5, 0.6) is 0 Å². The van der Waals surface area contributed by atoms with Crippen molar-refractivity contribution < 1.29 is 25.8 Å². The Morgan fingerprint density at radius 1 is 1.03 bits per heavy atom. The van der Waals surface area contributed by atoms with E-state index in [0.29, 0.717) is 0 Å². The second kappa shape index (κ2) is 6.74. The van der Waals surface area contributed by atoms with Crippen molar-refractivity contribution in [1.29, 1.82) is 0 Å². The predicted molar refractivity (Wildman–Crippen MR) is 111 cm³/mol. The van der Waals surface area contributed by atoms with E-state index < -0.39 is 26.8 Å². The van der Waals surface area contributed by atoms with Crippen molar-refractivity contribution in [3.8, 4) is 0 Å². The maximum absolute atomic E-state index is 12.8. The highest BCUT2D eigenvalue weighted by Crippen LogP contribution is 2.65. The predicted octanol–water partition coefficient (Wildman–Crippen LogP) is 6.29. The summed E-state index contributed by atoms with van der Waals surface area (Å²) in [6, 6.07) is 8.09. The second-order valence-corrected chi connectivity index (χ2v) is 11.0. The van der Waals surface area contributed by atoms with E-state index in [4.69, 9.17) is 0 Å². The van der Waals surface area contributed by atoms with Gasteiger partial charge in [0.15, 0.2) is 0 Å². The van der Waals surface area contributed by atoms with Gasteiger partial charge in [-0.2, -0.15) is 21.6 Å². The maximum Gasteiger partial charge on any atom is 0.534 e. The molecule has 30 heavy (non-hydrogen) atoms. The van der Waals surface area contributed by atoms with Gasteiger partial charge >= 0.3 is 15.6 Å². The maximum atomic E-state index is 12.8. The molecule has 0 saturated heterocycles. The van der Waals surface area contributed by atoms with Crippen molar-refractivity contribution in [3.05, 3.63) is 71.0 Å². The van der Waals surface area contributed by atoms with Gasteiger partial charge in [0.25, 0.3) is 0 Å². The molecule has 0 N–H and O–H groups in total. The molecule has 1 fully saturated rings. The lowest BCUT2D eigenvalue weighted by Crippen LogP contribution is -2.27. The Morgan fingerprint density at radius 3 is 2.10 bits per heavy atom. The monoisotopic (exact) mass is 440 g/mol. The van der Waals surface area contributed by atoms with E-state index in [2.05, 4.69) is 50.6 Å². The molecule has 3 rings (SSSR count). The van der Waals surface area contributed by atoms with Crippen molar-refractivity contribution in [2.75, 3.05) is 0 Å². The van der Waals surface area contributed by atoms with Gasteiger partial charge in [0.05, 0.1) is 0 Å². The fourth-order valence-electron chi connectivity index (χ4n) is 5.54. The van der Waals surface area contributed by atoms with Crippen molar-refractivity contribution >= 4 is 10.1 Å². The zero-order valence-electron chi connectivity index (χ0n) is 17.9. The Labute approximate surface area is 176 Å². The van der Waals surface area contributed by atoms with Gasteiger partial charge in [-0.05, 0) is 58.9 Å². The Bertz CT molecular complexity index is 1060. The Morgan fingerprint density at radius 2 is 1.57 bits per heavy atom. The number of alkyl halides is 3. The molecule has 2 aliphatic carbocycles. The minimum absolute atomic E-state index is 0.144. The first-order chi connectivity index (χ1) is 13.6. The van der Waals surface area contributed by atoms with Crippen LogP contribution in [-0.4, -0.2) is 13.9 Å². The Kier molecular flexibility index (Phi) is 5.09. The summed E-state index contributed by atoms with van der Waals surface area (Å²) >= 11 is 0. The summed E-state index contributed by atoms with van der Waals surface area (Å²) in [5.41, 5.74) is -2.31. The van der Waals surface area contributed by atoms with Crippen LogP contribution >= 0.6 is 0 Å². The van der Waals surface area contributed by atoms with Crippen LogP contribution in [0.4, 0.5) is 13.2 Å². The van der Waals surface area contributed by atoms with Gasteiger partial charge in [0.1, 0.15) is 5.76 Å². The molecule has 2 aliphatic rings. The normalized spacial score (nSPS) is 27.6. The summed E-state index contributed by atoms with van der Waals surface area (Å²) in [4.78, 5) is 0. The third-order valence-corrected chi connectivity index (χ3v) is 7.29. The minimum atomic E-state index is -5.77. The van der Waals surface area contributed by atoms with Crippen LogP contribution in [0.2, 0.25) is 0 Å². The largest absolute Gasteiger partial charge is 0.534 e. The first-order valence-corrected chi connectivity index (χ1v) is 11.2. The highest BCUT2D eigenvalue weighted by atomic mass is 32.2. The van der Waals surface area contributed by atoms with Crippen molar-refractivity contribution in [3.63, 3.8) is 0 Å². The number of hydrogen-bond acceptors (Lipinski definition) is 3. The molecule has 0 aromatic heterocycles. The molecule has 0 aliphatic heterocycles. The summed E-state index contributed by atoms with van der Waals surface area (Å²) in [6.07, 6.45) is 4.84. The fourth-order valence-corrected chi connectivity index (χ4v) is 5.96. The molecule has 3 nitrogen and oxygen atoms in total. The first kappa shape index (κ1) is 22.7. The molecule has 1 saturated carbocycles. The standard InChI is InChI=1S/C23H27F3O3S/c1-7-16-19(12-15(2)29-30(27,28)23(24,25)26)22(13-20(16,3)4)14-21(5,6)17-10-8-9-11-18(17)22/h7-12H,2,13-14H2,1,3-6H3/b16-7+,19-12+. The lowest BCUT2D eigenvalue weighted by atomic mass is 9.73. The molecule has 0 heterocycles. The summed E-state index contributed by atoms with van der Waals surface area (Å²) < 4.78 is 65.6. The number of fused-ring (bicyclic) bond motifs is 2. The van der Waals surface area contributed by atoms with Crippen LogP contribution in [0.1, 0.15) is 58.6 Å². The second-order valence-electron chi connectivity index (χ2n) is 9.46. The number of allylic oxidation sites excluding steroid dienone is 4. The fraction of sp³-hybridized carbons (Fsp3) is 0.478. The molecule has 7 heteroatoms. The van der Waals surface area contributed by atoms with Gasteiger partial charge in [0.2, 0.25) is 0 Å². The van der Waals surface area contributed by atoms with Crippen LogP contribution in [0.3, 0.4) is 0 Å². The van der Waals surface area contributed by atoms with E-state index >= 15 is 0 Å². The van der Waals surface area contributed by atoms with Crippen LogP contribution in [0.25, 0.3) is 0 Å². The van der Waals surface area contributed by atoms with Crippen LogP contribution in [0, 0.1) is 5.41 Å². The highest BCUT2D eigenvalue weighted by Gasteiger charge is 2.58. The molecule has 0 radical (unpaired) electrons. The van der Waals surface area contributed by atoms with Gasteiger partial charge in [-0.25, -0.2) is 0 Å². The van der Waals surface area contributed by atoms with Crippen LogP contribution in [0.15, 0.2) is 59.9 Å². The van der Waals surface area contributed by atoms with E-state index in [1.807, 2.05) is 25.1 Å². The highest BCUT2D eigenvalue weighted by molar-refractivity contribution is 7.87. The molecular weight excluding hydrogens is 413 g/mol. The number of rotatable bonds is 3. The van der Waals surface area contributed by atoms with E-state index in [-0.39, 0.29) is 10.8 Å². The summed E-state index contributed by atoms with van der Waals surface area (Å²) in [7, 11) is -5.77. The molecular formula is C23H27F3O3S. The molecule has 0 amide bonds. The Hall–Kier alpha value is -2.02. The molecule has 1 atom stereocenters. The lowest BCUT2D eigenvalue weighted by Gasteiger charge is -2.30. The zero-order valence-corrected chi connectivity index (χ0v) is 18.7. The molecule has 1 unspecified atom stereocenters. The van der Waals surface area contributed by atoms with E-state index in [1.54, 1.807) is 0 Å². The van der Waals surface area contributed by atoms with Gasteiger partial charge in [-0.3, -0.25) is 0 Å². The molecule has 1 spiro atoms. The van der Waals surface area contributed by atoms with Gasteiger partial charge in [-0.15, -0.1) is 0 Å². The first-order valence-electron chi connectivity index (χ1n) is 9.76. The average molecular weight is 441 g/mol. The number of halogens is 3. The minimum Gasteiger partial charge on any atom is -0.377 e. The number of benzene rings is 1. The van der Waals surface area contributed by atoms with Crippen molar-refractivity contribution in [1.82, 2.24) is 0 Å². The molecule has 0 bridgehead atoms. The Balaban J connectivity index is 2.18. The molecule has 164 valence electrons. The SMILES string of the molecule is C=C(/C=C1\C(=C/C)C(C)(C)CC12CC(C)(C)c1ccccc12)OS(=O)(=O)C(F)(F)F. The summed E-state index contributed by atoms with van der Waals surface area (Å²) in [6.45, 7) is 13.8. The third-order valence-electron chi connectivity index (χ3n) is 6.29. The van der Waals surface area contributed by atoms with Crippen LogP contribution < -0.4 is 0 Å².